The Morgan fingerprint density at radius 3 is 2.56 bits per heavy atom. The standard InChI is InChI=1S/C22H17Cl2N5O2S/c1-14-7-8-15(29-32(30,31)20-6-2-5-17(23)21(20)24)12-19(14)28-22-16(4-3-10-26-22)18-9-11-25-13-27-18/h2-13,29H,1H3,(H,26,28). The lowest BCUT2D eigenvalue weighted by Gasteiger charge is -2.15. The summed E-state index contributed by atoms with van der Waals surface area (Å²) in [5, 5.41) is 3.40. The Kier molecular flexibility index (Phi) is 6.27. The molecule has 162 valence electrons. The predicted molar refractivity (Wildman–Crippen MR) is 127 cm³/mol. The third-order valence-corrected chi connectivity index (χ3v) is 6.97. The first-order valence-electron chi connectivity index (χ1n) is 9.41. The van der Waals surface area contributed by atoms with Crippen LogP contribution in [-0.2, 0) is 10.0 Å². The molecule has 0 amide bonds. The smallest absolute Gasteiger partial charge is 0.263 e. The highest BCUT2D eigenvalue weighted by molar-refractivity contribution is 7.92. The van der Waals surface area contributed by atoms with Crippen LogP contribution in [0.3, 0.4) is 0 Å². The fourth-order valence-electron chi connectivity index (χ4n) is 3.01. The van der Waals surface area contributed by atoms with E-state index in [0.717, 1.165) is 11.1 Å². The number of sulfonamides is 1. The molecule has 0 saturated heterocycles. The van der Waals surface area contributed by atoms with Gasteiger partial charge in [0.15, 0.2) is 0 Å². The predicted octanol–water partition coefficient (Wildman–Crippen LogP) is 5.70. The van der Waals surface area contributed by atoms with Gasteiger partial charge in [0, 0.05) is 23.6 Å². The summed E-state index contributed by atoms with van der Waals surface area (Å²) in [6.07, 6.45) is 4.78. The van der Waals surface area contributed by atoms with Crippen LogP contribution in [0.2, 0.25) is 10.0 Å². The van der Waals surface area contributed by atoms with Crippen molar-refractivity contribution in [3.05, 3.63) is 88.9 Å². The number of nitrogens with zero attached hydrogens (tertiary/aromatic N) is 3. The van der Waals surface area contributed by atoms with Crippen molar-refractivity contribution in [2.45, 2.75) is 11.8 Å². The Morgan fingerprint density at radius 2 is 1.78 bits per heavy atom. The molecule has 4 aromatic rings. The fraction of sp³-hybridized carbons (Fsp3) is 0.0455. The third kappa shape index (κ3) is 4.67. The van der Waals surface area contributed by atoms with Crippen molar-refractivity contribution in [2.24, 2.45) is 0 Å². The summed E-state index contributed by atoms with van der Waals surface area (Å²) in [6, 6.07) is 15.1. The maximum absolute atomic E-state index is 12.9. The lowest BCUT2D eigenvalue weighted by atomic mass is 10.1. The second-order valence-corrected chi connectivity index (χ2v) is 9.24. The van der Waals surface area contributed by atoms with Crippen molar-refractivity contribution >= 4 is 50.4 Å². The molecule has 0 aliphatic carbocycles. The molecular formula is C22H17Cl2N5O2S. The van der Waals surface area contributed by atoms with E-state index in [9.17, 15) is 8.42 Å². The maximum Gasteiger partial charge on any atom is 0.263 e. The van der Waals surface area contributed by atoms with E-state index in [0.29, 0.717) is 22.9 Å². The van der Waals surface area contributed by atoms with Gasteiger partial charge in [-0.25, -0.2) is 23.4 Å². The SMILES string of the molecule is Cc1ccc(NS(=O)(=O)c2cccc(Cl)c2Cl)cc1Nc1ncccc1-c1ccncn1. The molecule has 10 heteroatoms. The molecule has 2 aromatic heterocycles. The van der Waals surface area contributed by atoms with Gasteiger partial charge in [-0.15, -0.1) is 0 Å². The van der Waals surface area contributed by atoms with Crippen LogP contribution < -0.4 is 10.0 Å². The molecule has 2 aromatic carbocycles. The lowest BCUT2D eigenvalue weighted by Crippen LogP contribution is -2.14. The number of pyridine rings is 1. The summed E-state index contributed by atoms with van der Waals surface area (Å²) < 4.78 is 28.3. The number of hydrogen-bond acceptors (Lipinski definition) is 6. The molecule has 2 heterocycles. The Morgan fingerprint density at radius 1 is 0.938 bits per heavy atom. The second-order valence-electron chi connectivity index (χ2n) is 6.81. The molecule has 32 heavy (non-hydrogen) atoms. The topological polar surface area (TPSA) is 96.9 Å². The van der Waals surface area contributed by atoms with E-state index in [2.05, 4.69) is 25.0 Å². The molecule has 0 aliphatic rings. The first-order valence-corrected chi connectivity index (χ1v) is 11.6. The second kappa shape index (κ2) is 9.12. The van der Waals surface area contributed by atoms with Crippen LogP contribution in [0, 0.1) is 6.92 Å². The molecule has 4 rings (SSSR count). The van der Waals surface area contributed by atoms with Gasteiger partial charge in [-0.05, 0) is 55.0 Å². The number of anilines is 3. The summed E-state index contributed by atoms with van der Waals surface area (Å²) >= 11 is 12.1. The van der Waals surface area contributed by atoms with Gasteiger partial charge in [0.1, 0.15) is 17.0 Å². The summed E-state index contributed by atoms with van der Waals surface area (Å²) in [7, 11) is -3.95. The summed E-state index contributed by atoms with van der Waals surface area (Å²) in [6.45, 7) is 1.90. The van der Waals surface area contributed by atoms with E-state index >= 15 is 0 Å². The zero-order chi connectivity index (χ0) is 22.7. The van der Waals surface area contributed by atoms with Crippen LogP contribution in [0.5, 0.6) is 0 Å². The van der Waals surface area contributed by atoms with Crippen LogP contribution in [0.1, 0.15) is 5.56 Å². The van der Waals surface area contributed by atoms with Crippen molar-refractivity contribution < 1.29 is 8.42 Å². The van der Waals surface area contributed by atoms with Gasteiger partial charge in [-0.3, -0.25) is 4.72 Å². The molecule has 0 bridgehead atoms. The number of halogens is 2. The van der Waals surface area contributed by atoms with Crippen LogP contribution >= 0.6 is 23.2 Å². The highest BCUT2D eigenvalue weighted by Gasteiger charge is 2.20. The van der Waals surface area contributed by atoms with Gasteiger partial charge in [0.05, 0.1) is 21.4 Å². The zero-order valence-corrected chi connectivity index (χ0v) is 19.1. The largest absolute Gasteiger partial charge is 0.339 e. The van der Waals surface area contributed by atoms with Crippen molar-refractivity contribution in [2.75, 3.05) is 10.0 Å². The van der Waals surface area contributed by atoms with E-state index < -0.39 is 10.0 Å². The number of hydrogen-bond donors (Lipinski definition) is 2. The summed E-state index contributed by atoms with van der Waals surface area (Å²) in [5.74, 6) is 0.576. The Labute approximate surface area is 195 Å². The van der Waals surface area contributed by atoms with Gasteiger partial charge in [0.25, 0.3) is 10.0 Å². The molecular weight excluding hydrogens is 469 g/mol. The van der Waals surface area contributed by atoms with Crippen LogP contribution in [0.25, 0.3) is 11.3 Å². The molecule has 0 aliphatic heterocycles. The van der Waals surface area contributed by atoms with Crippen molar-refractivity contribution in [3.8, 4) is 11.3 Å². The first-order chi connectivity index (χ1) is 15.3. The van der Waals surface area contributed by atoms with Crippen molar-refractivity contribution in [1.29, 1.82) is 0 Å². The molecule has 0 atom stereocenters. The van der Waals surface area contributed by atoms with Crippen LogP contribution in [0.15, 0.2) is 78.2 Å². The molecule has 0 saturated carbocycles. The molecule has 0 radical (unpaired) electrons. The minimum Gasteiger partial charge on any atom is -0.339 e. The average molecular weight is 486 g/mol. The highest BCUT2D eigenvalue weighted by Crippen LogP contribution is 2.32. The van der Waals surface area contributed by atoms with Gasteiger partial charge < -0.3 is 5.32 Å². The van der Waals surface area contributed by atoms with Gasteiger partial charge in [-0.2, -0.15) is 0 Å². The van der Waals surface area contributed by atoms with E-state index in [4.69, 9.17) is 23.2 Å². The number of benzene rings is 2. The van der Waals surface area contributed by atoms with E-state index in [1.807, 2.05) is 19.1 Å². The highest BCUT2D eigenvalue weighted by atomic mass is 35.5. The fourth-order valence-corrected chi connectivity index (χ4v) is 4.82. The Bertz CT molecular complexity index is 1380. The van der Waals surface area contributed by atoms with Gasteiger partial charge in [-0.1, -0.05) is 35.3 Å². The number of aromatic nitrogens is 3. The summed E-state index contributed by atoms with van der Waals surface area (Å²) in [4.78, 5) is 12.6. The minimum atomic E-state index is -3.95. The van der Waals surface area contributed by atoms with E-state index in [1.165, 1.54) is 24.5 Å². The molecule has 2 N–H and O–H groups in total. The molecule has 0 unspecified atom stereocenters. The normalized spacial score (nSPS) is 11.2. The first kappa shape index (κ1) is 22.0. The molecule has 7 nitrogen and oxygen atoms in total. The van der Waals surface area contributed by atoms with Crippen molar-refractivity contribution in [3.63, 3.8) is 0 Å². The minimum absolute atomic E-state index is 0.0323. The number of nitrogens with one attached hydrogen (secondary N) is 2. The maximum atomic E-state index is 12.9. The van der Waals surface area contributed by atoms with Crippen LogP contribution in [-0.4, -0.2) is 23.4 Å². The Hall–Kier alpha value is -3.20. The average Bonchev–Trinajstić information content (AvgIpc) is 2.78. The number of aryl methyl sites for hydroxylation is 1. The van der Waals surface area contributed by atoms with Gasteiger partial charge >= 0.3 is 0 Å². The van der Waals surface area contributed by atoms with E-state index in [1.54, 1.807) is 36.7 Å². The van der Waals surface area contributed by atoms with Gasteiger partial charge in [0.2, 0.25) is 0 Å². The lowest BCUT2D eigenvalue weighted by molar-refractivity contribution is 0.601. The quantitative estimate of drug-likeness (QED) is 0.363. The molecule has 0 fully saturated rings. The molecule has 0 spiro atoms. The number of rotatable bonds is 6. The van der Waals surface area contributed by atoms with Crippen LogP contribution in [0.4, 0.5) is 17.2 Å². The van der Waals surface area contributed by atoms with Crippen molar-refractivity contribution in [1.82, 2.24) is 15.0 Å². The van der Waals surface area contributed by atoms with E-state index in [-0.39, 0.29) is 14.9 Å². The Balaban J connectivity index is 1.66. The zero-order valence-electron chi connectivity index (χ0n) is 16.8. The summed E-state index contributed by atoms with van der Waals surface area (Å²) in [5.41, 5.74) is 3.42. The third-order valence-electron chi connectivity index (χ3n) is 4.61. The monoisotopic (exact) mass is 485 g/mol.